The van der Waals surface area contributed by atoms with E-state index in [1.807, 2.05) is 20.8 Å². The minimum absolute atomic E-state index is 0.133. The van der Waals surface area contributed by atoms with Crippen LogP contribution in [-0.2, 0) is 6.61 Å². The van der Waals surface area contributed by atoms with Gasteiger partial charge in [-0.1, -0.05) is 26.8 Å². The van der Waals surface area contributed by atoms with Gasteiger partial charge in [-0.15, -0.1) is 0 Å². The van der Waals surface area contributed by atoms with Crippen LogP contribution in [-0.4, -0.2) is 30.1 Å². The number of allylic oxidation sites excluding steroid dienone is 2. The van der Waals surface area contributed by atoms with Crippen LogP contribution in [0.2, 0.25) is 0 Å². The summed E-state index contributed by atoms with van der Waals surface area (Å²) in [6.45, 7) is 7.65. The molecule has 1 N–H and O–H groups in total. The Kier molecular flexibility index (Phi) is 10.1. The maximum Gasteiger partial charge on any atom is 0.268 e. The molecule has 0 saturated carbocycles. The van der Waals surface area contributed by atoms with Crippen molar-refractivity contribution in [1.82, 2.24) is 4.90 Å². The van der Waals surface area contributed by atoms with Crippen molar-refractivity contribution in [1.29, 1.82) is 0 Å². The van der Waals surface area contributed by atoms with Gasteiger partial charge in [-0.3, -0.25) is 0 Å². The number of nitrogens with zero attached hydrogens (tertiary/aromatic N) is 1. The molecule has 1 aromatic carbocycles. The molecule has 0 radical (unpaired) electrons. The molecular weight excluding hydrogens is 343 g/mol. The topological polar surface area (TPSA) is 32.7 Å². The average Bonchev–Trinajstić information content (AvgIpc) is 2.60. The fourth-order valence-electron chi connectivity index (χ4n) is 2.22. The lowest BCUT2D eigenvalue weighted by atomic mass is 10.0. The molecule has 0 bridgehead atoms. The van der Waals surface area contributed by atoms with Crippen molar-refractivity contribution in [2.45, 2.75) is 53.6 Å². The van der Waals surface area contributed by atoms with Crippen molar-refractivity contribution < 1.29 is 23.0 Å². The fraction of sp³-hybridized carbons (Fsp3) is 0.500. The van der Waals surface area contributed by atoms with Gasteiger partial charge < -0.3 is 14.7 Å². The molecule has 0 unspecified atom stereocenters. The molecule has 0 fully saturated rings. The highest BCUT2D eigenvalue weighted by molar-refractivity contribution is 5.67. The molecule has 0 heterocycles. The summed E-state index contributed by atoms with van der Waals surface area (Å²) in [5.41, 5.74) is 0.855. The zero-order valence-electron chi connectivity index (χ0n) is 16.7. The van der Waals surface area contributed by atoms with Crippen molar-refractivity contribution in [2.24, 2.45) is 0 Å². The predicted octanol–water partition coefficient (Wildman–Crippen LogP) is 5.59. The highest BCUT2D eigenvalue weighted by Gasteiger charge is 2.25. The molecule has 148 valence electrons. The van der Waals surface area contributed by atoms with Gasteiger partial charge in [0.25, 0.3) is 5.92 Å². The Morgan fingerprint density at radius 3 is 2.31 bits per heavy atom. The minimum Gasteiger partial charge on any atom is -0.496 e. The van der Waals surface area contributed by atoms with Crippen LogP contribution in [0.4, 0.5) is 13.2 Å². The van der Waals surface area contributed by atoms with Crippen LogP contribution in [0, 0.1) is 5.82 Å². The predicted molar refractivity (Wildman–Crippen MR) is 101 cm³/mol. The Hall–Kier alpha value is -1.95. The van der Waals surface area contributed by atoms with Crippen molar-refractivity contribution in [3.63, 3.8) is 0 Å². The Balaban J connectivity index is 0.00000301. The molecule has 0 aliphatic rings. The van der Waals surface area contributed by atoms with Crippen molar-refractivity contribution in [3.05, 3.63) is 46.9 Å². The summed E-state index contributed by atoms with van der Waals surface area (Å²) in [5, 5.41) is 9.26. The van der Waals surface area contributed by atoms with Crippen LogP contribution in [0.5, 0.6) is 5.75 Å². The third-order valence-corrected chi connectivity index (χ3v) is 3.67. The van der Waals surface area contributed by atoms with E-state index in [1.165, 1.54) is 37.3 Å². The van der Waals surface area contributed by atoms with Gasteiger partial charge in [0, 0.05) is 42.6 Å². The van der Waals surface area contributed by atoms with Gasteiger partial charge in [-0.2, -0.15) is 0 Å². The standard InChI is InChI=1S/C18H24F3NO2.C2H6/c1-6-7-16(22(4)10-12(2)18(3,20)21)14-9-17(24-5)13(11-23)8-15(14)19;1-2/h7-10,23H,6,11H2,1-5H3;1-2H3/b12-10+,16-7+;. The lowest BCUT2D eigenvalue weighted by molar-refractivity contribution is 0.0622. The number of hydrogen-bond acceptors (Lipinski definition) is 3. The molecule has 0 amide bonds. The van der Waals surface area contributed by atoms with Gasteiger partial charge in [0.1, 0.15) is 11.6 Å². The first-order valence-corrected chi connectivity index (χ1v) is 8.63. The number of aliphatic hydroxyl groups is 1. The van der Waals surface area contributed by atoms with E-state index in [2.05, 4.69) is 0 Å². The second-order valence-corrected chi connectivity index (χ2v) is 5.61. The highest BCUT2D eigenvalue weighted by atomic mass is 19.3. The fourth-order valence-corrected chi connectivity index (χ4v) is 2.22. The number of benzene rings is 1. The maximum absolute atomic E-state index is 14.5. The molecule has 0 aromatic heterocycles. The maximum atomic E-state index is 14.5. The van der Waals surface area contributed by atoms with Gasteiger partial charge >= 0.3 is 0 Å². The van der Waals surface area contributed by atoms with Crippen molar-refractivity contribution in [3.8, 4) is 5.75 Å². The molecule has 0 spiro atoms. The largest absolute Gasteiger partial charge is 0.496 e. The quantitative estimate of drug-likeness (QED) is 0.676. The Bertz CT molecular complexity index is 635. The van der Waals surface area contributed by atoms with E-state index in [0.29, 0.717) is 23.4 Å². The first-order valence-electron chi connectivity index (χ1n) is 8.63. The summed E-state index contributed by atoms with van der Waals surface area (Å²) in [4.78, 5) is 1.46. The van der Waals surface area contributed by atoms with Crippen molar-refractivity contribution >= 4 is 5.70 Å². The van der Waals surface area contributed by atoms with Gasteiger partial charge in [0.15, 0.2) is 0 Å². The van der Waals surface area contributed by atoms with E-state index in [1.54, 1.807) is 13.1 Å². The van der Waals surface area contributed by atoms with Crippen LogP contribution in [0.3, 0.4) is 0 Å². The average molecular weight is 373 g/mol. The van der Waals surface area contributed by atoms with Crippen LogP contribution in [0.1, 0.15) is 52.2 Å². The summed E-state index contributed by atoms with van der Waals surface area (Å²) < 4.78 is 46.4. The summed E-state index contributed by atoms with van der Waals surface area (Å²) >= 11 is 0. The molecule has 26 heavy (non-hydrogen) atoms. The molecule has 3 nitrogen and oxygen atoms in total. The SMILES string of the molecule is CC.CC/C=C(\c1cc(OC)c(CO)cc1F)N(C)/C=C(\C)C(C)(F)F. The molecule has 0 saturated heterocycles. The molecule has 1 rings (SSSR count). The normalized spacial score (nSPS) is 12.4. The molecule has 0 aliphatic carbocycles. The second-order valence-electron chi connectivity index (χ2n) is 5.61. The number of hydrogen-bond donors (Lipinski definition) is 1. The van der Waals surface area contributed by atoms with Gasteiger partial charge in [-0.05, 0) is 25.5 Å². The Morgan fingerprint density at radius 2 is 1.88 bits per heavy atom. The lowest BCUT2D eigenvalue weighted by Gasteiger charge is -2.23. The summed E-state index contributed by atoms with van der Waals surface area (Å²) in [7, 11) is 3.01. The first-order chi connectivity index (χ1) is 12.1. The van der Waals surface area contributed by atoms with Crippen LogP contribution >= 0.6 is 0 Å². The second kappa shape index (κ2) is 10.9. The summed E-state index contributed by atoms with van der Waals surface area (Å²) in [6.07, 6.45) is 3.63. The third-order valence-electron chi connectivity index (χ3n) is 3.67. The lowest BCUT2D eigenvalue weighted by Crippen LogP contribution is -2.17. The van der Waals surface area contributed by atoms with E-state index >= 15 is 0 Å². The zero-order chi connectivity index (χ0) is 20.5. The number of halogens is 3. The number of alkyl halides is 2. The Morgan fingerprint density at radius 1 is 1.31 bits per heavy atom. The highest BCUT2D eigenvalue weighted by Crippen LogP contribution is 2.31. The molecular formula is C20H30F3NO2. The summed E-state index contributed by atoms with van der Waals surface area (Å²) in [6, 6.07) is 2.66. The van der Waals surface area contributed by atoms with Gasteiger partial charge in [0.05, 0.1) is 13.7 Å². The van der Waals surface area contributed by atoms with Crippen LogP contribution in [0.15, 0.2) is 30.0 Å². The molecule has 0 aliphatic heterocycles. The van der Waals surface area contributed by atoms with Crippen molar-refractivity contribution in [2.75, 3.05) is 14.2 Å². The first kappa shape index (κ1) is 24.1. The van der Waals surface area contributed by atoms with Gasteiger partial charge in [0.2, 0.25) is 0 Å². The third kappa shape index (κ3) is 6.41. The monoisotopic (exact) mass is 373 g/mol. The molecule has 6 heteroatoms. The van der Waals surface area contributed by atoms with Gasteiger partial charge in [-0.25, -0.2) is 13.2 Å². The Labute approximate surface area is 154 Å². The number of aliphatic hydroxyl groups excluding tert-OH is 1. The smallest absolute Gasteiger partial charge is 0.268 e. The van der Waals surface area contributed by atoms with E-state index in [-0.39, 0.29) is 17.7 Å². The summed E-state index contributed by atoms with van der Waals surface area (Å²) in [5.74, 6) is -3.17. The molecule has 1 aromatic rings. The number of rotatable bonds is 7. The minimum atomic E-state index is -2.96. The van der Waals surface area contributed by atoms with Crippen LogP contribution < -0.4 is 4.74 Å². The van der Waals surface area contributed by atoms with Crippen LogP contribution in [0.25, 0.3) is 5.70 Å². The van der Waals surface area contributed by atoms with E-state index in [0.717, 1.165) is 6.92 Å². The van der Waals surface area contributed by atoms with E-state index < -0.39 is 11.7 Å². The van der Waals surface area contributed by atoms with E-state index in [9.17, 15) is 18.3 Å². The number of methoxy groups -OCH3 is 1. The van der Waals surface area contributed by atoms with E-state index in [4.69, 9.17) is 4.74 Å². The number of ether oxygens (including phenoxy) is 1. The zero-order valence-corrected chi connectivity index (χ0v) is 16.7. The molecule has 0 atom stereocenters.